The van der Waals surface area contributed by atoms with Crippen molar-refractivity contribution in [1.82, 2.24) is 15.5 Å². The van der Waals surface area contributed by atoms with Crippen molar-refractivity contribution in [3.8, 4) is 0 Å². The van der Waals surface area contributed by atoms with Gasteiger partial charge in [0.15, 0.2) is 5.96 Å². The summed E-state index contributed by atoms with van der Waals surface area (Å²) >= 11 is 0. The van der Waals surface area contributed by atoms with Crippen LogP contribution in [0.5, 0.6) is 0 Å². The van der Waals surface area contributed by atoms with Crippen molar-refractivity contribution in [2.45, 2.75) is 52.6 Å². The van der Waals surface area contributed by atoms with Gasteiger partial charge in [-0.2, -0.15) is 0 Å². The summed E-state index contributed by atoms with van der Waals surface area (Å²) in [5.41, 5.74) is 2.60. The molecule has 1 saturated heterocycles. The number of hydrogen-bond acceptors (Lipinski definition) is 2. The number of aryl methyl sites for hydroxylation is 1. The number of hydrogen-bond donors (Lipinski definition) is 2. The average Bonchev–Trinajstić information content (AvgIpc) is 2.56. The van der Waals surface area contributed by atoms with Crippen LogP contribution >= 0.6 is 24.0 Å². The lowest BCUT2D eigenvalue weighted by atomic mass is 10.1. The molecule has 0 radical (unpaired) electrons. The van der Waals surface area contributed by atoms with Gasteiger partial charge in [-0.15, -0.1) is 24.0 Å². The number of piperidine rings is 1. The first-order chi connectivity index (χ1) is 11.2. The number of likely N-dealkylation sites (tertiary alicyclic amines) is 1. The molecule has 1 aliphatic rings. The normalized spacial score (nSPS) is 16.5. The van der Waals surface area contributed by atoms with Crippen LogP contribution in [0.1, 0.15) is 44.2 Å². The third-order valence-electron chi connectivity index (χ3n) is 4.48. The Hall–Kier alpha value is -0.820. The van der Waals surface area contributed by atoms with E-state index in [0.717, 1.165) is 19.0 Å². The topological polar surface area (TPSA) is 39.7 Å². The predicted molar refractivity (Wildman–Crippen MR) is 114 cm³/mol. The smallest absolute Gasteiger partial charge is 0.191 e. The molecule has 2 N–H and O–H groups in total. The third-order valence-corrected chi connectivity index (χ3v) is 4.48. The maximum absolute atomic E-state index is 4.77. The molecule has 4 nitrogen and oxygen atoms in total. The molecule has 0 aliphatic carbocycles. The van der Waals surface area contributed by atoms with E-state index < -0.39 is 0 Å². The molecule has 0 bridgehead atoms. The van der Waals surface area contributed by atoms with Crippen molar-refractivity contribution < 1.29 is 0 Å². The molecule has 0 unspecified atom stereocenters. The van der Waals surface area contributed by atoms with E-state index in [0.29, 0.717) is 6.04 Å². The highest BCUT2D eigenvalue weighted by atomic mass is 127. The molecule has 24 heavy (non-hydrogen) atoms. The van der Waals surface area contributed by atoms with Gasteiger partial charge in [0.25, 0.3) is 0 Å². The molecule has 1 aromatic rings. The molecule has 1 fully saturated rings. The number of aliphatic imine (C=N–C) groups is 1. The van der Waals surface area contributed by atoms with Gasteiger partial charge >= 0.3 is 0 Å². The van der Waals surface area contributed by atoms with Crippen LogP contribution in [0.4, 0.5) is 0 Å². The van der Waals surface area contributed by atoms with E-state index in [1.165, 1.54) is 50.0 Å². The molecule has 136 valence electrons. The lowest BCUT2D eigenvalue weighted by molar-refractivity contribution is 0.206. The molecule has 0 atom stereocenters. The maximum Gasteiger partial charge on any atom is 0.191 e. The molecule has 1 heterocycles. The van der Waals surface area contributed by atoms with Crippen LogP contribution in [0.2, 0.25) is 0 Å². The van der Waals surface area contributed by atoms with Gasteiger partial charge in [-0.3, -0.25) is 0 Å². The molecule has 0 spiro atoms. The molecule has 0 aromatic heterocycles. The Bertz CT molecular complexity index is 496. The minimum absolute atomic E-state index is 0. The van der Waals surface area contributed by atoms with Gasteiger partial charge in [0.1, 0.15) is 0 Å². The van der Waals surface area contributed by atoms with E-state index in [1.807, 2.05) is 0 Å². The van der Waals surface area contributed by atoms with E-state index in [4.69, 9.17) is 4.99 Å². The van der Waals surface area contributed by atoms with Gasteiger partial charge in [-0.05, 0) is 50.8 Å². The fourth-order valence-electron chi connectivity index (χ4n) is 3.08. The maximum atomic E-state index is 4.77. The Kier molecular flexibility index (Phi) is 10.3. The second-order valence-corrected chi connectivity index (χ2v) is 6.38. The number of guanidine groups is 1. The van der Waals surface area contributed by atoms with E-state index in [1.54, 1.807) is 0 Å². The van der Waals surface area contributed by atoms with E-state index in [-0.39, 0.29) is 24.0 Å². The zero-order valence-electron chi connectivity index (χ0n) is 15.3. The van der Waals surface area contributed by atoms with E-state index in [9.17, 15) is 0 Å². The lowest BCUT2D eigenvalue weighted by Crippen LogP contribution is -2.48. The molecule has 0 amide bonds. The van der Waals surface area contributed by atoms with Gasteiger partial charge in [0.05, 0.1) is 6.54 Å². The summed E-state index contributed by atoms with van der Waals surface area (Å²) in [6, 6.07) is 9.01. The largest absolute Gasteiger partial charge is 0.357 e. The molecular weight excluding hydrogens is 411 g/mol. The monoisotopic (exact) mass is 444 g/mol. The van der Waals surface area contributed by atoms with Gasteiger partial charge in [0.2, 0.25) is 0 Å². The molecule has 2 rings (SSSR count). The Morgan fingerprint density at radius 2 is 1.92 bits per heavy atom. The Morgan fingerprint density at radius 1 is 1.21 bits per heavy atom. The zero-order valence-corrected chi connectivity index (χ0v) is 17.7. The molecule has 0 saturated carbocycles. The van der Waals surface area contributed by atoms with Gasteiger partial charge < -0.3 is 15.5 Å². The van der Waals surface area contributed by atoms with Crippen LogP contribution in [0.3, 0.4) is 0 Å². The van der Waals surface area contributed by atoms with Crippen LogP contribution in [-0.2, 0) is 6.54 Å². The fraction of sp³-hybridized carbons (Fsp3) is 0.632. The lowest BCUT2D eigenvalue weighted by Gasteiger charge is -2.32. The van der Waals surface area contributed by atoms with Gasteiger partial charge in [-0.25, -0.2) is 4.99 Å². The van der Waals surface area contributed by atoms with Crippen molar-refractivity contribution >= 4 is 29.9 Å². The second kappa shape index (κ2) is 11.7. The highest BCUT2D eigenvalue weighted by molar-refractivity contribution is 14.0. The number of nitrogens with zero attached hydrogens (tertiary/aromatic N) is 2. The van der Waals surface area contributed by atoms with Crippen LogP contribution in [-0.4, -0.2) is 43.1 Å². The highest BCUT2D eigenvalue weighted by Gasteiger charge is 2.19. The molecular formula is C19H33IN4. The van der Waals surface area contributed by atoms with Gasteiger partial charge in [0, 0.05) is 25.7 Å². The molecule has 5 heteroatoms. The van der Waals surface area contributed by atoms with Crippen molar-refractivity contribution in [2.75, 3.05) is 26.2 Å². The van der Waals surface area contributed by atoms with Crippen molar-refractivity contribution in [3.63, 3.8) is 0 Å². The molecule has 1 aromatic carbocycles. The Balaban J connectivity index is 0.00000288. The summed E-state index contributed by atoms with van der Waals surface area (Å²) in [5.74, 6) is 0.949. The van der Waals surface area contributed by atoms with Crippen LogP contribution in [0, 0.1) is 6.92 Å². The van der Waals surface area contributed by atoms with Gasteiger partial charge in [-0.1, -0.05) is 31.2 Å². The fourth-order valence-corrected chi connectivity index (χ4v) is 3.08. The number of halogens is 1. The number of rotatable bonds is 6. The summed E-state index contributed by atoms with van der Waals surface area (Å²) in [4.78, 5) is 7.34. The van der Waals surface area contributed by atoms with Crippen molar-refractivity contribution in [1.29, 1.82) is 0 Å². The average molecular weight is 444 g/mol. The summed E-state index contributed by atoms with van der Waals surface area (Å²) < 4.78 is 0. The first-order valence-corrected chi connectivity index (χ1v) is 9.04. The quantitative estimate of drug-likeness (QED) is 0.401. The summed E-state index contributed by atoms with van der Waals surface area (Å²) in [6.45, 7) is 11.8. The standard InChI is InChI=1S/C19H32N4.HI/c1-4-12-23-13-10-18(11-14-23)22-19(20-5-2)21-15-17-9-7-6-8-16(17)3;/h6-9,18H,4-5,10-15H2,1-3H3,(H2,20,21,22);1H. The highest BCUT2D eigenvalue weighted by Crippen LogP contribution is 2.11. The first kappa shape index (κ1) is 21.2. The van der Waals surface area contributed by atoms with Crippen LogP contribution in [0.15, 0.2) is 29.3 Å². The Morgan fingerprint density at radius 3 is 2.54 bits per heavy atom. The molecule has 1 aliphatic heterocycles. The summed E-state index contributed by atoms with van der Waals surface area (Å²) in [7, 11) is 0. The zero-order chi connectivity index (χ0) is 16.5. The van der Waals surface area contributed by atoms with Crippen LogP contribution in [0.25, 0.3) is 0 Å². The predicted octanol–water partition coefficient (Wildman–Crippen LogP) is 3.54. The Labute approximate surface area is 164 Å². The minimum atomic E-state index is 0. The number of nitrogens with one attached hydrogen (secondary N) is 2. The first-order valence-electron chi connectivity index (χ1n) is 9.04. The van der Waals surface area contributed by atoms with Crippen LogP contribution < -0.4 is 10.6 Å². The van der Waals surface area contributed by atoms with E-state index >= 15 is 0 Å². The SMILES string of the molecule is CCCN1CCC(NC(=NCc2ccccc2C)NCC)CC1.I. The van der Waals surface area contributed by atoms with Crippen molar-refractivity contribution in [2.24, 2.45) is 4.99 Å². The second-order valence-electron chi connectivity index (χ2n) is 6.38. The minimum Gasteiger partial charge on any atom is -0.357 e. The third kappa shape index (κ3) is 6.97. The van der Waals surface area contributed by atoms with Crippen molar-refractivity contribution in [3.05, 3.63) is 35.4 Å². The number of benzene rings is 1. The van der Waals surface area contributed by atoms with E-state index in [2.05, 4.69) is 60.6 Å². The summed E-state index contributed by atoms with van der Waals surface area (Å²) in [5, 5.41) is 7.00. The summed E-state index contributed by atoms with van der Waals surface area (Å²) in [6.07, 6.45) is 3.65.